The lowest BCUT2D eigenvalue weighted by molar-refractivity contribution is -0.385. The van der Waals surface area contributed by atoms with Crippen LogP contribution in [0.2, 0.25) is 0 Å². The van der Waals surface area contributed by atoms with Gasteiger partial charge in [-0.2, -0.15) is 84.2 Å². The van der Waals surface area contributed by atoms with Crippen molar-refractivity contribution in [2.75, 3.05) is 48.3 Å². The van der Waals surface area contributed by atoms with Gasteiger partial charge >= 0.3 is 116 Å². The summed E-state index contributed by atoms with van der Waals surface area (Å²) in [6.45, 7) is -5.44. The Labute approximate surface area is 572 Å². The lowest BCUT2D eigenvalue weighted by atomic mass is 9.95. The summed E-state index contributed by atoms with van der Waals surface area (Å²) in [5, 5.41) is 31.9. The number of carbonyl (C=O) groups is 2. The number of methoxy groups -OCH3 is 4. The maximum atomic E-state index is 13.3. The summed E-state index contributed by atoms with van der Waals surface area (Å²) >= 11 is 0. The van der Waals surface area contributed by atoms with E-state index >= 15 is 0 Å². The van der Waals surface area contributed by atoms with Gasteiger partial charge in [-0.15, -0.1) is 0 Å². The van der Waals surface area contributed by atoms with Crippen LogP contribution in [0.15, 0.2) is 0 Å². The molecule has 68 heteroatoms. The Hall–Kier alpha value is -2.92. The SMILES string of the molecule is CO[C@@H]1[C@@H](OC)[C@H](O[C@H]2[C@H](OS(=O)(=O)O)[C@@H](OS(=O)(=O)O)[C@@H](O[C@H]3[C@H](OC)[C@@H](OS(=O)(=O)O)[C@H](O[C@H]4[C@H](OS(=O)(=O)O)[C@@H](OS(=O)(=O)O)[C@@H](O)O[C@@H]4COS(=O)(=O)O)O[C@H]3C(=O)O)O[C@@H]2COS(=O)(=O)O)O[C@H](C(=O)O)[C@H]1O[C@H]1O[C@H](COS(=O)(=O)O)[C@@H](OC)[C@H](OS(=O)(=O)O)[C@H]1OS(=O)(=O)O. The van der Waals surface area contributed by atoms with E-state index in [4.69, 9.17) is 61.6 Å². The van der Waals surface area contributed by atoms with Crippen molar-refractivity contribution in [1.82, 2.24) is 0 Å². The number of ether oxygens (including phenoxy) is 13. The summed E-state index contributed by atoms with van der Waals surface area (Å²) in [4.78, 5) is 26.6. The van der Waals surface area contributed by atoms with Gasteiger partial charge in [0.15, 0.2) is 68.1 Å². The molecule has 0 amide bonds. The Morgan fingerprint density at radius 2 is 0.500 bits per heavy atom. The van der Waals surface area contributed by atoms with Crippen LogP contribution in [0, 0.1) is 0 Å². The molecule has 5 aliphatic rings. The molecule has 0 unspecified atom stereocenters. The van der Waals surface area contributed by atoms with Gasteiger partial charge in [0, 0.05) is 28.4 Å². The van der Waals surface area contributed by atoms with E-state index in [1.807, 2.05) is 0 Å². The third-order valence-electron chi connectivity index (χ3n) is 13.3. The van der Waals surface area contributed by atoms with E-state index in [2.05, 4.69) is 41.8 Å². The van der Waals surface area contributed by atoms with Gasteiger partial charge in [-0.25, -0.2) is 51.4 Å². The summed E-state index contributed by atoms with van der Waals surface area (Å²) in [5.74, 6) is -4.95. The minimum absolute atomic E-state index is 0.374. The third-order valence-corrected chi connectivity index (χ3v) is 17.9. The van der Waals surface area contributed by atoms with Crippen molar-refractivity contribution in [3.8, 4) is 0 Å². The normalized spacial score (nSPS) is 36.1. The molecule has 0 spiro atoms. The van der Waals surface area contributed by atoms with E-state index in [0.29, 0.717) is 28.4 Å². The van der Waals surface area contributed by atoms with Crippen LogP contribution in [0.5, 0.6) is 0 Å². The first-order valence-corrected chi connectivity index (χ1v) is 39.4. The fourth-order valence-electron chi connectivity index (χ4n) is 10.0. The fourth-order valence-corrected chi connectivity index (χ4v) is 14.4. The standard InChI is InChI=1S/C34H56O58S10/c1-70-11-8(5-74-93(40,41)42)78-32(26(91-101(64,65)66)18(11)86-96(49,50)51)82-16-14(71-2)24(73-4)31(84-21(16)28(35)36)80-13-10(7-76-95(46,47)48)79-33(27(92-102(67,68)69)20(13)88-98(55,56)57)83-17-15(72-3)25(90-100(61,62)63)34(85-22(17)29(37)38)81-12-9(6-75-94(43,44)45)77-30(39)23(89-99(58,59)60)19(12)87-97(52,53)54/h8-27,30-34,39H,5-7H2,1-4H3,(H,35,36)(H,37,38)(H,40,41,42)(H,43,44,45)(H,46,47,48)(H,49,50,51)(H,52,53,54)(H,55,56,57)(H,58,59,60)(H,61,62,63)(H,64,65,66)(H,67,68,69)/t8-,9-,10-,11-,12-,13-,14+,15+,16+,17+,18+,19+,20+,21+,22-,23-,24-,25-,26-,27-,30+,31-,32-,33-,34-/m1/s1. The first-order valence-electron chi connectivity index (χ1n) is 25.7. The molecule has 58 nitrogen and oxygen atoms in total. The van der Waals surface area contributed by atoms with Gasteiger partial charge in [0.25, 0.3) is 0 Å². The Kier molecular flexibility index (Phi) is 30.2. The van der Waals surface area contributed by atoms with Crippen LogP contribution in [0.1, 0.15) is 0 Å². The predicted molar refractivity (Wildman–Crippen MR) is 291 cm³/mol. The molecule has 5 saturated heterocycles. The molecule has 0 saturated carbocycles. The largest absolute Gasteiger partial charge is 0.479 e. The quantitative estimate of drug-likeness (QED) is 0.0257. The molecule has 0 bridgehead atoms. The number of rotatable bonds is 37. The molecule has 0 aromatic heterocycles. The molecule has 5 fully saturated rings. The van der Waals surface area contributed by atoms with Crippen molar-refractivity contribution >= 4 is 116 Å². The highest BCUT2D eigenvalue weighted by Crippen LogP contribution is 2.42. The second-order valence-corrected chi connectivity index (χ2v) is 30.5. The van der Waals surface area contributed by atoms with E-state index in [1.54, 1.807) is 0 Å². The van der Waals surface area contributed by atoms with Gasteiger partial charge in [-0.3, -0.25) is 45.5 Å². The number of hydrogen-bond donors (Lipinski definition) is 13. The number of carboxylic acids is 2. The highest BCUT2D eigenvalue weighted by Gasteiger charge is 2.63. The van der Waals surface area contributed by atoms with Crippen molar-refractivity contribution < 1.29 is 258 Å². The molecule has 5 aliphatic heterocycles. The van der Waals surface area contributed by atoms with Crippen LogP contribution in [-0.4, -0.2) is 359 Å². The first-order chi connectivity index (χ1) is 46.1. The Balaban J connectivity index is 1.70. The second kappa shape index (κ2) is 34.3. The highest BCUT2D eigenvalue weighted by molar-refractivity contribution is 7.83. The van der Waals surface area contributed by atoms with Crippen LogP contribution in [0.25, 0.3) is 0 Å². The summed E-state index contributed by atoms with van der Waals surface area (Å²) in [7, 11) is -58.4. The summed E-state index contributed by atoms with van der Waals surface area (Å²) in [6, 6.07) is 0. The van der Waals surface area contributed by atoms with Crippen LogP contribution in [0.4, 0.5) is 0 Å². The number of aliphatic hydroxyl groups is 1. The number of hydrogen-bond acceptors (Lipinski definition) is 46. The monoisotopic (exact) mass is 1710 g/mol. The van der Waals surface area contributed by atoms with E-state index in [-0.39, 0.29) is 0 Å². The van der Waals surface area contributed by atoms with E-state index in [9.17, 15) is 155 Å². The molecule has 5 heterocycles. The van der Waals surface area contributed by atoms with Gasteiger partial charge in [-0.05, 0) is 0 Å². The van der Waals surface area contributed by atoms with Crippen molar-refractivity contribution in [2.45, 2.75) is 154 Å². The zero-order valence-electron chi connectivity index (χ0n) is 49.8. The maximum absolute atomic E-state index is 13.3. The van der Waals surface area contributed by atoms with E-state index < -0.39 is 289 Å². The Morgan fingerprint density at radius 3 is 0.794 bits per heavy atom. The van der Waals surface area contributed by atoms with Gasteiger partial charge in [0.2, 0.25) is 0 Å². The van der Waals surface area contributed by atoms with Gasteiger partial charge in [0.1, 0.15) is 85.5 Å². The molecule has 5 rings (SSSR count). The molecule has 0 radical (unpaired) electrons. The molecule has 13 N–H and O–H groups in total. The molecule has 102 heavy (non-hydrogen) atoms. The molecular weight excluding hydrogens is 1660 g/mol. The smallest absolute Gasteiger partial charge is 0.397 e. The van der Waals surface area contributed by atoms with E-state index in [1.165, 1.54) is 0 Å². The molecule has 600 valence electrons. The topological polar surface area (TPSA) is 851 Å². The summed E-state index contributed by atoms with van der Waals surface area (Å²) in [6.07, 6.45) is -74.3. The predicted octanol–water partition coefficient (Wildman–Crippen LogP) is -10.9. The number of aliphatic carboxylic acids is 2. The average Bonchev–Trinajstić information content (AvgIpc) is 1.39. The first kappa shape index (κ1) is 89.7. The van der Waals surface area contributed by atoms with Gasteiger partial charge in [0.05, 0.1) is 19.8 Å². The zero-order chi connectivity index (χ0) is 78.0. The molecule has 0 aromatic rings. The Bertz CT molecular complexity index is 4100. The summed E-state index contributed by atoms with van der Waals surface area (Å²) in [5.41, 5.74) is 0. The molecule has 25 atom stereocenters. The Morgan fingerprint density at radius 1 is 0.275 bits per heavy atom. The number of carboxylic acid groups (broad SMARTS) is 2. The minimum Gasteiger partial charge on any atom is -0.479 e. The average molecular weight is 1710 g/mol. The van der Waals surface area contributed by atoms with E-state index in [0.717, 1.165) is 0 Å². The van der Waals surface area contributed by atoms with Crippen LogP contribution >= 0.6 is 0 Å². The van der Waals surface area contributed by atoms with Gasteiger partial charge < -0.3 is 76.9 Å². The van der Waals surface area contributed by atoms with Crippen LogP contribution in [0.3, 0.4) is 0 Å². The van der Waals surface area contributed by atoms with Crippen LogP contribution in [-0.2, 0) is 217 Å². The van der Waals surface area contributed by atoms with Crippen LogP contribution < -0.4 is 0 Å². The zero-order valence-corrected chi connectivity index (χ0v) is 58.0. The number of aliphatic hydroxyl groups excluding tert-OH is 1. The van der Waals surface area contributed by atoms with Gasteiger partial charge in [-0.1, -0.05) is 0 Å². The lowest BCUT2D eigenvalue weighted by Crippen LogP contribution is -2.70. The third kappa shape index (κ3) is 27.0. The molecular formula is C34H56O58S10. The van der Waals surface area contributed by atoms with Crippen molar-refractivity contribution in [3.63, 3.8) is 0 Å². The fraction of sp³-hybridized carbons (Fsp3) is 0.941. The minimum atomic E-state index is -6.45. The van der Waals surface area contributed by atoms with Crippen molar-refractivity contribution in [3.05, 3.63) is 0 Å². The lowest BCUT2D eigenvalue weighted by Gasteiger charge is -2.51. The summed E-state index contributed by atoms with van der Waals surface area (Å²) < 4.78 is 455. The van der Waals surface area contributed by atoms with Crippen molar-refractivity contribution in [1.29, 1.82) is 0 Å². The second-order valence-electron chi connectivity index (χ2n) is 19.9. The van der Waals surface area contributed by atoms with Crippen molar-refractivity contribution in [2.24, 2.45) is 0 Å². The molecule has 0 aliphatic carbocycles. The highest BCUT2D eigenvalue weighted by atomic mass is 32.3. The maximum Gasteiger partial charge on any atom is 0.397 e. The molecule has 0 aromatic carbocycles.